The van der Waals surface area contributed by atoms with Gasteiger partial charge in [-0.3, -0.25) is 0 Å². The number of halogens is 2. The molecule has 0 unspecified atom stereocenters. The molecule has 18 heavy (non-hydrogen) atoms. The van der Waals surface area contributed by atoms with Crippen molar-refractivity contribution in [3.05, 3.63) is 44.3 Å². The number of hydrogen-bond acceptors (Lipinski definition) is 3. The van der Waals surface area contributed by atoms with E-state index in [0.29, 0.717) is 10.0 Å². The molecule has 1 aromatic heterocycles. The van der Waals surface area contributed by atoms with Gasteiger partial charge in [-0.2, -0.15) is 0 Å². The molecular weight excluding hydrogens is 277 g/mol. The van der Waals surface area contributed by atoms with E-state index in [9.17, 15) is 4.79 Å². The molecule has 7 heteroatoms. The smallest absolute Gasteiger partial charge is 0.348 e. The van der Waals surface area contributed by atoms with Gasteiger partial charge in [0.25, 0.3) is 0 Å². The summed E-state index contributed by atoms with van der Waals surface area (Å²) in [5, 5.41) is 5.09. The Bertz CT molecular complexity index is 634. The van der Waals surface area contributed by atoms with E-state index in [4.69, 9.17) is 27.9 Å². The normalized spacial score (nSPS) is 10.7. The molecular formula is C11H11Cl2N3O2. The van der Waals surface area contributed by atoms with Crippen LogP contribution in [-0.4, -0.2) is 21.5 Å². The van der Waals surface area contributed by atoms with Crippen molar-refractivity contribution in [1.82, 2.24) is 14.3 Å². The van der Waals surface area contributed by atoms with E-state index in [2.05, 4.69) is 5.10 Å². The van der Waals surface area contributed by atoms with E-state index in [-0.39, 0.29) is 18.2 Å². The molecule has 2 rings (SSSR count). The first kappa shape index (κ1) is 13.0. The van der Waals surface area contributed by atoms with Gasteiger partial charge in [-0.15, -0.1) is 5.10 Å². The highest BCUT2D eigenvalue weighted by atomic mass is 35.5. The van der Waals surface area contributed by atoms with Crippen LogP contribution in [-0.2, 0) is 13.6 Å². The molecule has 0 atom stereocenters. The Morgan fingerprint density at radius 3 is 2.67 bits per heavy atom. The predicted molar refractivity (Wildman–Crippen MR) is 69.6 cm³/mol. The maximum atomic E-state index is 11.8. The third-order valence-corrected chi connectivity index (χ3v) is 3.11. The first-order chi connectivity index (χ1) is 8.52. The van der Waals surface area contributed by atoms with Gasteiger partial charge in [-0.05, 0) is 17.7 Å². The minimum Gasteiger partial charge on any atom is -0.467 e. The fourth-order valence-electron chi connectivity index (χ4n) is 1.56. The summed E-state index contributed by atoms with van der Waals surface area (Å²) >= 11 is 11.9. The molecule has 0 aliphatic rings. The monoisotopic (exact) mass is 287 g/mol. The molecule has 0 fully saturated rings. The number of methoxy groups -OCH3 is 1. The fraction of sp³-hybridized carbons (Fsp3) is 0.273. The summed E-state index contributed by atoms with van der Waals surface area (Å²) in [5.74, 6) is 0. The van der Waals surface area contributed by atoms with Gasteiger partial charge in [-0.25, -0.2) is 14.0 Å². The Balaban J connectivity index is 2.37. The van der Waals surface area contributed by atoms with Crippen molar-refractivity contribution in [1.29, 1.82) is 0 Å². The molecule has 0 N–H and O–H groups in total. The fourth-order valence-corrected chi connectivity index (χ4v) is 2.03. The van der Waals surface area contributed by atoms with E-state index in [1.54, 1.807) is 25.2 Å². The lowest BCUT2D eigenvalue weighted by Gasteiger charge is -2.03. The molecule has 0 bridgehead atoms. The molecule has 0 aliphatic heterocycles. The summed E-state index contributed by atoms with van der Waals surface area (Å²) in [6, 6.07) is 5.36. The lowest BCUT2D eigenvalue weighted by molar-refractivity contribution is 0.361. The standard InChI is InChI=1S/C11H11Cl2N3O2/c1-15-10(18-2)14-16(11(15)17)6-7-3-4-8(12)5-9(7)13/h3-5H,6H2,1-2H3. The van der Waals surface area contributed by atoms with E-state index in [0.717, 1.165) is 5.56 Å². The summed E-state index contributed by atoms with van der Waals surface area (Å²) < 4.78 is 7.58. The van der Waals surface area contributed by atoms with E-state index in [1.807, 2.05) is 0 Å². The second-order valence-corrected chi connectivity index (χ2v) is 4.57. The van der Waals surface area contributed by atoms with Crippen LogP contribution in [0, 0.1) is 0 Å². The number of rotatable bonds is 3. The Morgan fingerprint density at radius 2 is 2.11 bits per heavy atom. The van der Waals surface area contributed by atoms with E-state index >= 15 is 0 Å². The van der Waals surface area contributed by atoms with Gasteiger partial charge in [-0.1, -0.05) is 29.3 Å². The van der Waals surface area contributed by atoms with E-state index in [1.165, 1.54) is 16.4 Å². The first-order valence-corrected chi connectivity index (χ1v) is 5.90. The number of nitrogens with zero attached hydrogens (tertiary/aromatic N) is 3. The van der Waals surface area contributed by atoms with Gasteiger partial charge in [0.15, 0.2) is 0 Å². The Kier molecular flexibility index (Phi) is 3.63. The molecule has 1 aromatic carbocycles. The zero-order chi connectivity index (χ0) is 13.3. The maximum Gasteiger partial charge on any atom is 0.348 e. The maximum absolute atomic E-state index is 11.8. The second-order valence-electron chi connectivity index (χ2n) is 3.72. The van der Waals surface area contributed by atoms with Crippen LogP contribution in [0.15, 0.2) is 23.0 Å². The van der Waals surface area contributed by atoms with Crippen LogP contribution >= 0.6 is 23.2 Å². The Morgan fingerprint density at radius 1 is 1.39 bits per heavy atom. The minimum atomic E-state index is -0.266. The van der Waals surface area contributed by atoms with E-state index < -0.39 is 0 Å². The van der Waals surface area contributed by atoms with Gasteiger partial charge >= 0.3 is 11.7 Å². The highest BCUT2D eigenvalue weighted by molar-refractivity contribution is 6.35. The third kappa shape index (κ3) is 2.37. The van der Waals surface area contributed by atoms with Gasteiger partial charge < -0.3 is 4.74 Å². The summed E-state index contributed by atoms with van der Waals surface area (Å²) in [6.07, 6.45) is 0. The van der Waals surface area contributed by atoms with Crippen LogP contribution < -0.4 is 10.4 Å². The van der Waals surface area contributed by atoms with Gasteiger partial charge in [0.2, 0.25) is 0 Å². The summed E-state index contributed by atoms with van der Waals surface area (Å²) in [4.78, 5) is 11.8. The molecule has 0 aliphatic carbocycles. The molecule has 1 heterocycles. The second kappa shape index (κ2) is 5.04. The van der Waals surface area contributed by atoms with Gasteiger partial charge in [0.1, 0.15) is 0 Å². The minimum absolute atomic E-state index is 0.255. The SMILES string of the molecule is COc1nn(Cc2ccc(Cl)cc2Cl)c(=O)n1C. The average molecular weight is 288 g/mol. The predicted octanol–water partition coefficient (Wildman–Crippen LogP) is 1.95. The van der Waals surface area contributed by atoms with Crippen LogP contribution in [0.5, 0.6) is 6.01 Å². The highest BCUT2D eigenvalue weighted by Gasteiger charge is 2.11. The summed E-state index contributed by atoms with van der Waals surface area (Å²) in [7, 11) is 3.05. The first-order valence-electron chi connectivity index (χ1n) is 5.14. The lowest BCUT2D eigenvalue weighted by atomic mass is 10.2. The van der Waals surface area contributed by atoms with Crippen molar-refractivity contribution < 1.29 is 4.74 Å². The molecule has 0 saturated carbocycles. The van der Waals surface area contributed by atoms with Crippen molar-refractivity contribution in [2.45, 2.75) is 6.54 Å². The van der Waals surface area contributed by atoms with Crippen molar-refractivity contribution in [3.63, 3.8) is 0 Å². The topological polar surface area (TPSA) is 49.1 Å². The molecule has 0 amide bonds. The highest BCUT2D eigenvalue weighted by Crippen LogP contribution is 2.21. The number of ether oxygens (including phenoxy) is 1. The quantitative estimate of drug-likeness (QED) is 0.867. The Hall–Kier alpha value is -1.46. The lowest BCUT2D eigenvalue weighted by Crippen LogP contribution is -2.23. The van der Waals surface area contributed by atoms with Crippen molar-refractivity contribution in [3.8, 4) is 6.01 Å². The molecule has 5 nitrogen and oxygen atoms in total. The van der Waals surface area contributed by atoms with Gasteiger partial charge in [0.05, 0.1) is 13.7 Å². The summed E-state index contributed by atoms with van der Waals surface area (Å²) in [6.45, 7) is 0.270. The zero-order valence-electron chi connectivity index (χ0n) is 9.85. The largest absolute Gasteiger partial charge is 0.467 e. The van der Waals surface area contributed by atoms with Crippen LogP contribution in [0.25, 0.3) is 0 Å². The van der Waals surface area contributed by atoms with Crippen LogP contribution in [0.2, 0.25) is 10.0 Å². The number of aromatic nitrogens is 3. The average Bonchev–Trinajstić information content (AvgIpc) is 2.60. The number of hydrogen-bond donors (Lipinski definition) is 0. The third-order valence-electron chi connectivity index (χ3n) is 2.52. The van der Waals surface area contributed by atoms with Crippen LogP contribution in [0.3, 0.4) is 0 Å². The number of benzene rings is 1. The molecule has 0 saturated heterocycles. The van der Waals surface area contributed by atoms with Crippen LogP contribution in [0.1, 0.15) is 5.56 Å². The zero-order valence-corrected chi connectivity index (χ0v) is 11.4. The molecule has 2 aromatic rings. The van der Waals surface area contributed by atoms with Crippen molar-refractivity contribution in [2.24, 2.45) is 7.05 Å². The van der Waals surface area contributed by atoms with Crippen molar-refractivity contribution in [2.75, 3.05) is 7.11 Å². The molecule has 0 spiro atoms. The Labute approximate surface area is 114 Å². The van der Waals surface area contributed by atoms with Crippen molar-refractivity contribution >= 4 is 23.2 Å². The van der Waals surface area contributed by atoms with Crippen LogP contribution in [0.4, 0.5) is 0 Å². The van der Waals surface area contributed by atoms with Gasteiger partial charge in [0, 0.05) is 17.1 Å². The molecule has 96 valence electrons. The summed E-state index contributed by atoms with van der Waals surface area (Å²) in [5.41, 5.74) is 0.502. The molecule has 0 radical (unpaired) electrons.